The molecular formula is C22H21ClN6O2S. The Labute approximate surface area is 192 Å². The number of anilines is 2. The normalized spacial score (nSPS) is 16.6. The summed E-state index contributed by atoms with van der Waals surface area (Å²) in [6, 6.07) is 14.4. The molecule has 0 amide bonds. The highest BCUT2D eigenvalue weighted by Gasteiger charge is 2.28. The van der Waals surface area contributed by atoms with Crippen LogP contribution < -0.4 is 9.80 Å². The van der Waals surface area contributed by atoms with Crippen LogP contribution in [0.1, 0.15) is 12.5 Å². The largest absolute Gasteiger partial charge is 0.352 e. The van der Waals surface area contributed by atoms with E-state index in [2.05, 4.69) is 30.8 Å². The molecule has 1 aliphatic rings. The van der Waals surface area contributed by atoms with E-state index in [1.807, 2.05) is 13.0 Å². The predicted molar refractivity (Wildman–Crippen MR) is 124 cm³/mol. The van der Waals surface area contributed by atoms with Gasteiger partial charge in [-0.3, -0.25) is 0 Å². The Hall–Kier alpha value is -3.22. The maximum Gasteiger partial charge on any atom is 0.249 e. The number of aromatic nitrogens is 3. The SMILES string of the molecule is CC1CN(c2ncccc2Cl)CCN1c1cc(-c2ccc(C#N)cc2)nc(S(C)(=O)=O)n1. The van der Waals surface area contributed by atoms with Gasteiger partial charge in [0.1, 0.15) is 11.6 Å². The Morgan fingerprint density at radius 3 is 2.53 bits per heavy atom. The molecule has 1 aromatic carbocycles. The van der Waals surface area contributed by atoms with Crippen molar-refractivity contribution in [2.75, 3.05) is 35.7 Å². The van der Waals surface area contributed by atoms with Crippen molar-refractivity contribution < 1.29 is 8.42 Å². The quantitative estimate of drug-likeness (QED) is 0.538. The van der Waals surface area contributed by atoms with Gasteiger partial charge < -0.3 is 9.80 Å². The molecule has 0 aliphatic carbocycles. The molecule has 0 radical (unpaired) electrons. The Morgan fingerprint density at radius 1 is 1.16 bits per heavy atom. The van der Waals surface area contributed by atoms with Gasteiger partial charge in [0, 0.05) is 49.8 Å². The van der Waals surface area contributed by atoms with Crippen LogP contribution in [0.4, 0.5) is 11.6 Å². The van der Waals surface area contributed by atoms with Crippen molar-refractivity contribution in [3.8, 4) is 17.3 Å². The molecule has 3 aromatic rings. The van der Waals surface area contributed by atoms with Crippen LogP contribution in [0.5, 0.6) is 0 Å². The van der Waals surface area contributed by atoms with Crippen LogP contribution in [-0.2, 0) is 9.84 Å². The zero-order valence-corrected chi connectivity index (χ0v) is 19.2. The summed E-state index contributed by atoms with van der Waals surface area (Å²) < 4.78 is 24.6. The van der Waals surface area contributed by atoms with Crippen molar-refractivity contribution >= 4 is 33.1 Å². The minimum Gasteiger partial charge on any atom is -0.352 e. The van der Waals surface area contributed by atoms with Gasteiger partial charge in [-0.2, -0.15) is 5.26 Å². The fourth-order valence-electron chi connectivity index (χ4n) is 3.69. The Kier molecular flexibility index (Phi) is 6.00. The van der Waals surface area contributed by atoms with Crippen LogP contribution in [-0.4, -0.2) is 55.3 Å². The lowest BCUT2D eigenvalue weighted by molar-refractivity contribution is 0.539. The lowest BCUT2D eigenvalue weighted by Crippen LogP contribution is -2.52. The third-order valence-electron chi connectivity index (χ3n) is 5.29. The lowest BCUT2D eigenvalue weighted by atomic mass is 10.1. The van der Waals surface area contributed by atoms with Crippen LogP contribution in [0.25, 0.3) is 11.3 Å². The van der Waals surface area contributed by atoms with E-state index in [9.17, 15) is 8.42 Å². The van der Waals surface area contributed by atoms with Crippen LogP contribution in [0.3, 0.4) is 0 Å². The molecule has 8 nitrogen and oxygen atoms in total. The molecule has 0 bridgehead atoms. The number of hydrogen-bond donors (Lipinski definition) is 0. The number of piperazine rings is 1. The molecule has 0 spiro atoms. The topological polar surface area (TPSA) is 103 Å². The molecule has 2 aromatic heterocycles. The number of nitriles is 1. The first kappa shape index (κ1) is 22.0. The minimum atomic E-state index is -3.62. The van der Waals surface area contributed by atoms with E-state index in [1.165, 1.54) is 0 Å². The molecule has 1 saturated heterocycles. The summed E-state index contributed by atoms with van der Waals surface area (Å²) in [4.78, 5) is 17.2. The number of benzene rings is 1. The van der Waals surface area contributed by atoms with Crippen LogP contribution in [0, 0.1) is 11.3 Å². The second kappa shape index (κ2) is 8.73. The lowest BCUT2D eigenvalue weighted by Gasteiger charge is -2.41. The van der Waals surface area contributed by atoms with E-state index in [1.54, 1.807) is 42.6 Å². The Balaban J connectivity index is 1.68. The van der Waals surface area contributed by atoms with Crippen LogP contribution in [0.15, 0.2) is 53.8 Å². The number of pyridine rings is 1. The molecule has 1 aliphatic heterocycles. The van der Waals surface area contributed by atoms with E-state index in [-0.39, 0.29) is 11.2 Å². The highest BCUT2D eigenvalue weighted by molar-refractivity contribution is 7.90. The molecular weight excluding hydrogens is 448 g/mol. The van der Waals surface area contributed by atoms with Crippen molar-refractivity contribution in [3.05, 3.63) is 59.2 Å². The van der Waals surface area contributed by atoms with Crippen molar-refractivity contribution in [1.82, 2.24) is 15.0 Å². The third-order valence-corrected chi connectivity index (χ3v) is 6.43. The summed E-state index contributed by atoms with van der Waals surface area (Å²) in [5.74, 6) is 1.28. The van der Waals surface area contributed by atoms with E-state index < -0.39 is 9.84 Å². The number of sulfone groups is 1. The number of hydrogen-bond acceptors (Lipinski definition) is 8. The summed E-state index contributed by atoms with van der Waals surface area (Å²) in [5, 5.41) is 9.41. The molecule has 32 heavy (non-hydrogen) atoms. The Bertz CT molecular complexity index is 1290. The van der Waals surface area contributed by atoms with Gasteiger partial charge in [0.2, 0.25) is 15.0 Å². The first-order valence-corrected chi connectivity index (χ1v) is 12.2. The first-order chi connectivity index (χ1) is 15.3. The van der Waals surface area contributed by atoms with Gasteiger partial charge >= 0.3 is 0 Å². The Morgan fingerprint density at radius 2 is 1.91 bits per heavy atom. The van der Waals surface area contributed by atoms with Gasteiger partial charge in [-0.15, -0.1) is 0 Å². The average molecular weight is 469 g/mol. The summed E-state index contributed by atoms with van der Waals surface area (Å²) in [6.07, 6.45) is 2.81. The molecule has 0 N–H and O–H groups in total. The molecule has 1 atom stereocenters. The minimum absolute atomic E-state index is 0.0259. The van der Waals surface area contributed by atoms with Gasteiger partial charge in [-0.05, 0) is 31.2 Å². The highest BCUT2D eigenvalue weighted by Crippen LogP contribution is 2.29. The fraction of sp³-hybridized carbons (Fsp3) is 0.273. The number of rotatable bonds is 4. The summed E-state index contributed by atoms with van der Waals surface area (Å²) in [5.41, 5.74) is 1.72. The highest BCUT2D eigenvalue weighted by atomic mass is 35.5. The second-order valence-corrected chi connectivity index (χ2v) is 9.97. The zero-order chi connectivity index (χ0) is 22.9. The average Bonchev–Trinajstić information content (AvgIpc) is 2.78. The van der Waals surface area contributed by atoms with Gasteiger partial charge in [0.15, 0.2) is 0 Å². The monoisotopic (exact) mass is 468 g/mol. The third kappa shape index (κ3) is 4.52. The number of halogens is 1. The van der Waals surface area contributed by atoms with E-state index in [0.29, 0.717) is 47.3 Å². The van der Waals surface area contributed by atoms with E-state index >= 15 is 0 Å². The molecule has 0 saturated carbocycles. The van der Waals surface area contributed by atoms with Crippen molar-refractivity contribution in [2.24, 2.45) is 0 Å². The molecule has 3 heterocycles. The van der Waals surface area contributed by atoms with Gasteiger partial charge in [-0.1, -0.05) is 23.7 Å². The number of nitrogens with zero attached hydrogens (tertiary/aromatic N) is 6. The van der Waals surface area contributed by atoms with Gasteiger partial charge in [0.25, 0.3) is 0 Å². The summed E-state index contributed by atoms with van der Waals surface area (Å²) in [6.45, 7) is 3.97. The molecule has 164 valence electrons. The molecule has 10 heteroatoms. The van der Waals surface area contributed by atoms with E-state index in [4.69, 9.17) is 16.9 Å². The standard InChI is InChI=1S/C22H21ClN6O2S/c1-15-14-28(21-18(23)4-3-9-25-21)10-11-29(15)20-12-19(26-22(27-20)32(2,30)31)17-7-5-16(13-24)6-8-17/h3-9,12,15H,10-11,14H2,1-2H3. The summed E-state index contributed by atoms with van der Waals surface area (Å²) in [7, 11) is -3.62. The smallest absolute Gasteiger partial charge is 0.249 e. The van der Waals surface area contributed by atoms with Crippen LogP contribution in [0.2, 0.25) is 5.02 Å². The van der Waals surface area contributed by atoms with Crippen molar-refractivity contribution in [2.45, 2.75) is 18.1 Å². The van der Waals surface area contributed by atoms with E-state index in [0.717, 1.165) is 12.1 Å². The first-order valence-electron chi connectivity index (χ1n) is 9.98. The van der Waals surface area contributed by atoms with Crippen molar-refractivity contribution in [3.63, 3.8) is 0 Å². The maximum absolute atomic E-state index is 12.3. The van der Waals surface area contributed by atoms with Crippen molar-refractivity contribution in [1.29, 1.82) is 5.26 Å². The predicted octanol–water partition coefficient (Wildman–Crippen LogP) is 3.18. The second-order valence-electron chi connectivity index (χ2n) is 7.65. The molecule has 1 fully saturated rings. The zero-order valence-electron chi connectivity index (χ0n) is 17.6. The van der Waals surface area contributed by atoms with Gasteiger partial charge in [-0.25, -0.2) is 23.4 Å². The maximum atomic E-state index is 12.3. The molecule has 4 rings (SSSR count). The molecule has 1 unspecified atom stereocenters. The van der Waals surface area contributed by atoms with Crippen LogP contribution >= 0.6 is 11.6 Å². The summed E-state index contributed by atoms with van der Waals surface area (Å²) >= 11 is 6.31. The van der Waals surface area contributed by atoms with Gasteiger partial charge in [0.05, 0.1) is 22.3 Å². The fourth-order valence-corrected chi connectivity index (χ4v) is 4.45.